The van der Waals surface area contributed by atoms with Crippen LogP contribution in [-0.4, -0.2) is 117 Å². The third-order valence-corrected chi connectivity index (χ3v) is 12.0. The number of aromatic nitrogens is 12. The smallest absolute Gasteiger partial charge is 0.276 e. The van der Waals surface area contributed by atoms with E-state index < -0.39 is 0 Å². The quantitative estimate of drug-likeness (QED) is 0.198. The van der Waals surface area contributed by atoms with E-state index in [1.165, 1.54) is 0 Å². The topological polar surface area (TPSA) is 211 Å². The van der Waals surface area contributed by atoms with Crippen LogP contribution in [0, 0.1) is 11.8 Å². The monoisotopic (exact) mass is 826 g/mol. The number of rotatable bonds is 7. The van der Waals surface area contributed by atoms with Gasteiger partial charge in [-0.15, -0.1) is 11.6 Å². The maximum absolute atomic E-state index is 12.7. The van der Waals surface area contributed by atoms with Crippen molar-refractivity contribution in [2.24, 2.45) is 11.8 Å². The van der Waals surface area contributed by atoms with Crippen LogP contribution in [0.2, 0.25) is 0 Å². The van der Waals surface area contributed by atoms with E-state index >= 15 is 0 Å². The molecule has 4 unspecified atom stereocenters. The van der Waals surface area contributed by atoms with Gasteiger partial charge in [0, 0.05) is 113 Å². The zero-order chi connectivity index (χ0) is 40.7. The highest BCUT2D eigenvalue weighted by Gasteiger charge is 2.34. The second-order valence-electron chi connectivity index (χ2n) is 15.8. The molecule has 4 aliphatic rings. The zero-order valence-corrected chi connectivity index (χ0v) is 34.2. The number of hydrogen-bond donors (Lipinski definition) is 3. The number of hydrogen-bond acceptors (Lipinski definition) is 14. The SMILES string of the molecule is CC1CN(Cc2cnccn2)CC1c1nn2c(C3CCOCC3)ncc2c(=O)[nH]1.CC1CNCC1c1nn2c(C3CCOCC3)ncc2c(=O)[nH]1.ClCc1cnccn1. The number of H-pyrrole nitrogens is 2. The molecule has 0 amide bonds. The van der Waals surface area contributed by atoms with Crippen molar-refractivity contribution >= 4 is 22.6 Å². The molecule has 0 saturated carbocycles. The summed E-state index contributed by atoms with van der Waals surface area (Å²) in [6.45, 7) is 11.7. The average molecular weight is 827 g/mol. The first kappa shape index (κ1) is 40.8. The van der Waals surface area contributed by atoms with Gasteiger partial charge in [0.05, 0.1) is 29.7 Å². The summed E-state index contributed by atoms with van der Waals surface area (Å²) in [4.78, 5) is 58.6. The van der Waals surface area contributed by atoms with E-state index in [-0.39, 0.29) is 28.9 Å². The molecule has 0 aromatic carbocycles. The molecule has 4 aliphatic heterocycles. The maximum atomic E-state index is 12.7. The Labute approximate surface area is 345 Å². The molecule has 19 heteroatoms. The van der Waals surface area contributed by atoms with E-state index in [4.69, 9.17) is 31.3 Å². The Morgan fingerprint density at radius 2 is 1.20 bits per heavy atom. The van der Waals surface area contributed by atoms with Crippen LogP contribution in [0.15, 0.2) is 59.2 Å². The van der Waals surface area contributed by atoms with Gasteiger partial charge in [-0.3, -0.25) is 34.4 Å². The van der Waals surface area contributed by atoms with E-state index in [9.17, 15) is 9.59 Å². The molecule has 59 heavy (non-hydrogen) atoms. The van der Waals surface area contributed by atoms with Crippen LogP contribution >= 0.6 is 11.6 Å². The number of halogens is 1. The van der Waals surface area contributed by atoms with Crippen LogP contribution in [-0.2, 0) is 21.9 Å². The number of nitrogens with zero attached hydrogens (tertiary/aromatic N) is 11. The summed E-state index contributed by atoms with van der Waals surface area (Å²) in [6, 6.07) is 0. The Balaban J connectivity index is 0.000000142. The van der Waals surface area contributed by atoms with Gasteiger partial charge in [-0.2, -0.15) is 10.2 Å². The average Bonchev–Trinajstić information content (AvgIpc) is 4.09. The van der Waals surface area contributed by atoms with E-state index in [0.717, 1.165) is 120 Å². The predicted molar refractivity (Wildman–Crippen MR) is 218 cm³/mol. The van der Waals surface area contributed by atoms with E-state index in [1.54, 1.807) is 58.6 Å². The van der Waals surface area contributed by atoms with E-state index in [0.29, 0.717) is 34.7 Å². The van der Waals surface area contributed by atoms with Gasteiger partial charge in [-0.1, -0.05) is 13.8 Å². The summed E-state index contributed by atoms with van der Waals surface area (Å²) in [5, 5.41) is 12.9. The van der Waals surface area contributed by atoms with Crippen LogP contribution in [0.25, 0.3) is 11.0 Å². The molecule has 4 fully saturated rings. The maximum Gasteiger partial charge on any atom is 0.276 e. The molecule has 312 valence electrons. The third-order valence-electron chi connectivity index (χ3n) is 11.7. The fourth-order valence-electron chi connectivity index (χ4n) is 8.44. The highest BCUT2D eigenvalue weighted by atomic mass is 35.5. The Hall–Kier alpha value is -5.01. The Morgan fingerprint density at radius 1 is 0.661 bits per heavy atom. The molecule has 0 radical (unpaired) electrons. The number of aromatic amines is 2. The summed E-state index contributed by atoms with van der Waals surface area (Å²) in [6.07, 6.45) is 17.1. The first-order valence-electron chi connectivity index (χ1n) is 20.5. The summed E-state index contributed by atoms with van der Waals surface area (Å²) in [7, 11) is 0. The molecular formula is C40H51ClN14O4. The van der Waals surface area contributed by atoms with Crippen molar-refractivity contribution in [3.8, 4) is 0 Å². The van der Waals surface area contributed by atoms with Crippen molar-refractivity contribution in [1.82, 2.24) is 69.3 Å². The number of imidazole rings is 2. The first-order chi connectivity index (χ1) is 28.9. The zero-order valence-electron chi connectivity index (χ0n) is 33.4. The van der Waals surface area contributed by atoms with Crippen LogP contribution in [0.3, 0.4) is 0 Å². The number of likely N-dealkylation sites (tertiary alicyclic amines) is 1. The van der Waals surface area contributed by atoms with Crippen LogP contribution in [0.1, 0.15) is 97.9 Å². The van der Waals surface area contributed by atoms with Crippen LogP contribution < -0.4 is 16.4 Å². The van der Waals surface area contributed by atoms with Crippen molar-refractivity contribution in [1.29, 1.82) is 0 Å². The summed E-state index contributed by atoms with van der Waals surface area (Å²) in [5.74, 6) is 5.56. The third kappa shape index (κ3) is 9.41. The fourth-order valence-corrected chi connectivity index (χ4v) is 8.57. The van der Waals surface area contributed by atoms with Crippen molar-refractivity contribution in [2.75, 3.05) is 52.6 Å². The van der Waals surface area contributed by atoms with Gasteiger partial charge in [-0.25, -0.2) is 19.0 Å². The molecule has 0 aliphatic carbocycles. The van der Waals surface area contributed by atoms with E-state index in [1.807, 2.05) is 0 Å². The van der Waals surface area contributed by atoms with Crippen LogP contribution in [0.4, 0.5) is 0 Å². The van der Waals surface area contributed by atoms with E-state index in [2.05, 4.69) is 63.9 Å². The molecule has 6 aromatic heterocycles. The van der Waals surface area contributed by atoms with Crippen molar-refractivity contribution < 1.29 is 9.47 Å². The number of ether oxygens (including phenoxy) is 2. The number of alkyl halides is 1. The van der Waals surface area contributed by atoms with Crippen molar-refractivity contribution in [3.05, 3.63) is 105 Å². The lowest BCUT2D eigenvalue weighted by Crippen LogP contribution is -2.24. The van der Waals surface area contributed by atoms with Gasteiger partial charge in [0.25, 0.3) is 11.1 Å². The Kier molecular flexibility index (Phi) is 13.1. The molecule has 4 saturated heterocycles. The van der Waals surface area contributed by atoms with Crippen molar-refractivity contribution in [3.63, 3.8) is 0 Å². The number of fused-ring (bicyclic) bond motifs is 2. The lowest BCUT2D eigenvalue weighted by Gasteiger charge is -2.21. The Bertz CT molecular complexity index is 2390. The van der Waals surface area contributed by atoms with Gasteiger partial charge in [0.2, 0.25) is 0 Å². The summed E-state index contributed by atoms with van der Waals surface area (Å²) in [5.41, 5.74) is 2.58. The van der Waals surface area contributed by atoms with Gasteiger partial charge >= 0.3 is 0 Å². The fraction of sp³-hybridized carbons (Fsp3) is 0.550. The predicted octanol–water partition coefficient (Wildman–Crippen LogP) is 3.19. The summed E-state index contributed by atoms with van der Waals surface area (Å²) >= 11 is 5.42. The van der Waals surface area contributed by atoms with Crippen molar-refractivity contribution in [2.45, 2.75) is 75.6 Å². The second kappa shape index (κ2) is 18.9. The highest BCUT2D eigenvalue weighted by Crippen LogP contribution is 2.32. The molecule has 3 N–H and O–H groups in total. The molecule has 4 atom stereocenters. The second-order valence-corrected chi connectivity index (χ2v) is 16.1. The molecule has 10 rings (SSSR count). The standard InChI is InChI=1S/C20H25N7O2.C15H21N5O2.C5H5ClN2/c1-13-10-26(11-15-8-21-4-5-22-15)12-16(13)18-24-20(28)17-9-23-19(27(17)25-18)14-2-6-29-7-3-14;1-9-6-16-7-11(9)13-18-15(21)12-8-17-14(20(12)19-13)10-2-4-22-5-3-10;6-3-5-4-7-1-2-8-5/h4-5,8-9,13-14,16H,2-3,6-7,10-12H2,1H3,(H,24,25,28);8-11,16H,2-7H2,1H3,(H,18,19,21);1-2,4H,3H2. The first-order valence-corrected chi connectivity index (χ1v) is 21.0. The van der Waals surface area contributed by atoms with Gasteiger partial charge < -0.3 is 24.8 Å². The largest absolute Gasteiger partial charge is 0.381 e. The highest BCUT2D eigenvalue weighted by molar-refractivity contribution is 6.16. The molecule has 18 nitrogen and oxygen atoms in total. The lowest BCUT2D eigenvalue weighted by atomic mass is 9.97. The summed E-state index contributed by atoms with van der Waals surface area (Å²) < 4.78 is 14.4. The lowest BCUT2D eigenvalue weighted by molar-refractivity contribution is 0.0831. The minimum atomic E-state index is -0.125. The van der Waals surface area contributed by atoms with Gasteiger partial charge in [0.1, 0.15) is 23.3 Å². The Morgan fingerprint density at radius 3 is 1.68 bits per heavy atom. The molecule has 10 heterocycles. The molecular weight excluding hydrogens is 776 g/mol. The minimum Gasteiger partial charge on any atom is -0.381 e. The molecule has 0 bridgehead atoms. The van der Waals surface area contributed by atoms with Gasteiger partial charge in [-0.05, 0) is 44.1 Å². The number of nitrogens with one attached hydrogen (secondary N) is 3. The normalized spacial score (nSPS) is 22.9. The van der Waals surface area contributed by atoms with Crippen LogP contribution in [0.5, 0.6) is 0 Å². The minimum absolute atomic E-state index is 0.102. The molecule has 6 aromatic rings. The molecule has 0 spiro atoms. The van der Waals surface area contributed by atoms with Gasteiger partial charge in [0.15, 0.2) is 11.0 Å².